The van der Waals surface area contributed by atoms with Crippen LogP contribution in [0.5, 0.6) is 0 Å². The molecule has 0 aliphatic carbocycles. The van der Waals surface area contributed by atoms with Gasteiger partial charge < -0.3 is 5.10 Å². The Balaban J connectivity index is 2.29. The molecule has 3 rings (SSSR count). The Morgan fingerprint density at radius 3 is 2.50 bits per heavy atom. The quantitative estimate of drug-likeness (QED) is 0.834. The zero-order valence-electron chi connectivity index (χ0n) is 15.8. The molecular weight excluding hydrogens is 352 g/mol. The molecule has 0 radical (unpaired) electrons. The van der Waals surface area contributed by atoms with E-state index in [0.717, 1.165) is 0 Å². The minimum Gasteiger partial charge on any atom is -0.302 e. The van der Waals surface area contributed by atoms with Crippen molar-refractivity contribution in [3.8, 4) is 0 Å². The fourth-order valence-corrected chi connectivity index (χ4v) is 6.18. The van der Waals surface area contributed by atoms with Crippen LogP contribution in [0.4, 0.5) is 0 Å². The number of ketones is 1. The number of aromatic amines is 1. The van der Waals surface area contributed by atoms with Gasteiger partial charge in [0.25, 0.3) is 5.56 Å². The largest absolute Gasteiger partial charge is 0.302 e. The highest BCUT2D eigenvalue weighted by atomic mass is 32.2. The Morgan fingerprint density at radius 2 is 1.92 bits per heavy atom. The second kappa shape index (κ2) is 5.94. The molecule has 1 N–H and O–H groups in total. The van der Waals surface area contributed by atoms with E-state index in [1.807, 2.05) is 20.8 Å². The third-order valence-corrected chi connectivity index (χ3v) is 7.24. The van der Waals surface area contributed by atoms with Crippen LogP contribution < -0.4 is 5.56 Å². The monoisotopic (exact) mass is 376 g/mol. The molecule has 140 valence electrons. The molecule has 1 aromatic carbocycles. The lowest BCUT2D eigenvalue weighted by Gasteiger charge is -2.35. The number of carbonyl (C=O) groups is 1. The number of aryl methyl sites for hydroxylation is 2. The molecule has 2 heterocycles. The van der Waals surface area contributed by atoms with Gasteiger partial charge in [0.2, 0.25) is 0 Å². The van der Waals surface area contributed by atoms with Crippen molar-refractivity contribution in [2.24, 2.45) is 0 Å². The summed E-state index contributed by atoms with van der Waals surface area (Å²) < 4.78 is 26.6. The minimum atomic E-state index is -3.36. The topological polar surface area (TPSA) is 89.0 Å². The maximum atomic E-state index is 13.0. The normalized spacial score (nSPS) is 17.7. The van der Waals surface area contributed by atoms with Crippen molar-refractivity contribution >= 4 is 15.6 Å². The summed E-state index contributed by atoms with van der Waals surface area (Å²) in [4.78, 5) is 25.7. The summed E-state index contributed by atoms with van der Waals surface area (Å²) in [7, 11) is -3.36. The van der Waals surface area contributed by atoms with E-state index in [-0.39, 0.29) is 28.1 Å². The van der Waals surface area contributed by atoms with Crippen LogP contribution in [0.3, 0.4) is 0 Å². The summed E-state index contributed by atoms with van der Waals surface area (Å²) in [6, 6.07) is 1.61. The Labute approximate surface area is 153 Å². The number of H-pyrrole nitrogens is 1. The molecule has 7 heteroatoms. The minimum absolute atomic E-state index is 0.0748. The molecule has 0 atom stereocenters. The average Bonchev–Trinajstić information content (AvgIpc) is 2.93. The van der Waals surface area contributed by atoms with Gasteiger partial charge in [-0.25, -0.2) is 8.42 Å². The van der Waals surface area contributed by atoms with Gasteiger partial charge in [-0.05, 0) is 55.4 Å². The van der Waals surface area contributed by atoms with Gasteiger partial charge in [-0.2, -0.15) is 0 Å². The molecule has 0 spiro atoms. The molecule has 2 aromatic rings. The summed E-state index contributed by atoms with van der Waals surface area (Å²) in [5.74, 6) is -0.264. The maximum Gasteiger partial charge on any atom is 0.277 e. The number of sulfone groups is 1. The molecule has 6 nitrogen and oxygen atoms in total. The first-order chi connectivity index (χ1) is 12.0. The molecule has 0 saturated carbocycles. The highest BCUT2D eigenvalue weighted by Gasteiger charge is 2.39. The van der Waals surface area contributed by atoms with Crippen LogP contribution in [0, 0.1) is 13.8 Å². The fraction of sp³-hybridized carbons (Fsp3) is 0.474. The average molecular weight is 376 g/mol. The lowest BCUT2D eigenvalue weighted by molar-refractivity contribution is 0.103. The van der Waals surface area contributed by atoms with Crippen molar-refractivity contribution in [2.45, 2.75) is 57.9 Å². The molecule has 1 aliphatic rings. The lowest BCUT2D eigenvalue weighted by Crippen LogP contribution is -2.33. The van der Waals surface area contributed by atoms with E-state index < -0.39 is 9.84 Å². The third kappa shape index (κ3) is 2.65. The Hall–Kier alpha value is -2.15. The molecule has 1 aliphatic heterocycles. The van der Waals surface area contributed by atoms with Crippen LogP contribution in [0.2, 0.25) is 0 Å². The van der Waals surface area contributed by atoms with Crippen LogP contribution in [0.15, 0.2) is 22.0 Å². The Kier molecular flexibility index (Phi) is 4.26. The van der Waals surface area contributed by atoms with E-state index in [1.54, 1.807) is 19.9 Å². The molecular formula is C19H24N2O4S. The Morgan fingerprint density at radius 1 is 1.27 bits per heavy atom. The van der Waals surface area contributed by atoms with Crippen molar-refractivity contribution in [1.29, 1.82) is 0 Å². The number of nitrogens with zero attached hydrogens (tertiary/aromatic N) is 1. The summed E-state index contributed by atoms with van der Waals surface area (Å²) in [6.07, 6.45) is 1.93. The third-order valence-electron chi connectivity index (χ3n) is 5.35. The number of hydrogen-bond donors (Lipinski definition) is 1. The highest BCUT2D eigenvalue weighted by Crippen LogP contribution is 2.43. The van der Waals surface area contributed by atoms with Crippen LogP contribution in [0.1, 0.15) is 59.8 Å². The van der Waals surface area contributed by atoms with Gasteiger partial charge in [0.15, 0.2) is 15.6 Å². The van der Waals surface area contributed by atoms with E-state index in [4.69, 9.17) is 0 Å². The van der Waals surface area contributed by atoms with E-state index in [2.05, 4.69) is 5.10 Å². The van der Waals surface area contributed by atoms with E-state index in [1.165, 1.54) is 10.9 Å². The number of benzene rings is 1. The first-order valence-corrected chi connectivity index (χ1v) is 10.4. The predicted molar refractivity (Wildman–Crippen MR) is 99.8 cm³/mol. The molecule has 0 saturated heterocycles. The van der Waals surface area contributed by atoms with E-state index >= 15 is 0 Å². The van der Waals surface area contributed by atoms with Gasteiger partial charge in [0.1, 0.15) is 5.56 Å². The number of hydrogen-bond acceptors (Lipinski definition) is 4. The SMILES string of the molecule is CCn1[nH]cc(C(=O)c2cc(C)c3c(c2C)C(C)(C)CCS3(=O)=O)c1=O. The zero-order valence-corrected chi connectivity index (χ0v) is 16.6. The van der Waals surface area contributed by atoms with Crippen LogP contribution in [-0.4, -0.2) is 29.7 Å². The van der Waals surface area contributed by atoms with Crippen molar-refractivity contribution in [3.63, 3.8) is 0 Å². The number of aromatic nitrogens is 2. The van der Waals surface area contributed by atoms with Crippen molar-refractivity contribution in [1.82, 2.24) is 9.78 Å². The van der Waals surface area contributed by atoms with Crippen LogP contribution in [0.25, 0.3) is 0 Å². The van der Waals surface area contributed by atoms with Gasteiger partial charge in [-0.1, -0.05) is 13.8 Å². The van der Waals surface area contributed by atoms with Crippen molar-refractivity contribution in [3.05, 3.63) is 50.4 Å². The van der Waals surface area contributed by atoms with Gasteiger partial charge in [-0.3, -0.25) is 14.3 Å². The van der Waals surface area contributed by atoms with Gasteiger partial charge in [0, 0.05) is 18.3 Å². The standard InChI is InChI=1S/C19H24N2O4S/c1-6-21-18(23)14(10-20-21)16(22)13-9-11(2)17-15(12(13)3)19(4,5)7-8-26(17,24)25/h9-10,20H,6-8H2,1-5H3. The van der Waals surface area contributed by atoms with Crippen LogP contribution in [-0.2, 0) is 21.8 Å². The molecule has 0 unspecified atom stereocenters. The zero-order chi connectivity index (χ0) is 19.4. The summed E-state index contributed by atoms with van der Waals surface area (Å²) in [5.41, 5.74) is 1.67. The summed E-state index contributed by atoms with van der Waals surface area (Å²) in [5, 5.41) is 2.79. The number of rotatable bonds is 3. The smallest absolute Gasteiger partial charge is 0.277 e. The molecule has 0 fully saturated rings. The number of nitrogens with one attached hydrogen (secondary N) is 1. The van der Waals surface area contributed by atoms with Gasteiger partial charge in [-0.15, -0.1) is 0 Å². The fourth-order valence-electron chi connectivity index (χ4n) is 3.91. The second-order valence-electron chi connectivity index (χ2n) is 7.59. The predicted octanol–water partition coefficient (Wildman–Crippen LogP) is 2.50. The lowest BCUT2D eigenvalue weighted by atomic mass is 9.77. The molecule has 0 bridgehead atoms. The Bertz CT molecular complexity index is 1070. The van der Waals surface area contributed by atoms with Gasteiger partial charge >= 0.3 is 0 Å². The molecule has 0 amide bonds. The summed E-state index contributed by atoms with van der Waals surface area (Å²) >= 11 is 0. The number of carbonyl (C=O) groups excluding carboxylic acids is 1. The van der Waals surface area contributed by atoms with Crippen molar-refractivity contribution in [2.75, 3.05) is 5.75 Å². The van der Waals surface area contributed by atoms with Gasteiger partial charge in [0.05, 0.1) is 10.6 Å². The highest BCUT2D eigenvalue weighted by molar-refractivity contribution is 7.91. The summed E-state index contributed by atoms with van der Waals surface area (Å²) in [6.45, 7) is 9.76. The van der Waals surface area contributed by atoms with E-state index in [0.29, 0.717) is 40.1 Å². The second-order valence-corrected chi connectivity index (χ2v) is 9.63. The van der Waals surface area contributed by atoms with Crippen molar-refractivity contribution < 1.29 is 13.2 Å². The maximum absolute atomic E-state index is 13.0. The first kappa shape index (κ1) is 18.6. The van der Waals surface area contributed by atoms with E-state index in [9.17, 15) is 18.0 Å². The van der Waals surface area contributed by atoms with Crippen LogP contribution >= 0.6 is 0 Å². The molecule has 26 heavy (non-hydrogen) atoms. The molecule has 1 aromatic heterocycles. The number of fused-ring (bicyclic) bond motifs is 1. The first-order valence-electron chi connectivity index (χ1n) is 8.71.